The van der Waals surface area contributed by atoms with E-state index in [2.05, 4.69) is 24.5 Å². The molecule has 0 spiro atoms. The van der Waals surface area contributed by atoms with Crippen molar-refractivity contribution in [2.75, 3.05) is 6.54 Å². The van der Waals surface area contributed by atoms with Crippen LogP contribution in [0.2, 0.25) is 0 Å². The first-order valence-corrected chi connectivity index (χ1v) is 6.67. The molecule has 0 heterocycles. The number of hydrogen-bond donors (Lipinski definition) is 3. The molecule has 1 rings (SSSR count). The summed E-state index contributed by atoms with van der Waals surface area (Å²) in [6.45, 7) is 5.97. The Balaban J connectivity index is 2.33. The Kier molecular flexibility index (Phi) is 5.59. The molecule has 0 aromatic carbocycles. The highest BCUT2D eigenvalue weighted by Gasteiger charge is 2.28. The topological polar surface area (TPSA) is 78.4 Å². The smallest absolute Gasteiger partial charge is 0.320 e. The molecule has 4 atom stereocenters. The van der Waals surface area contributed by atoms with Gasteiger partial charge < -0.3 is 10.4 Å². The molecule has 0 radical (unpaired) electrons. The average Bonchev–Trinajstić information content (AvgIpc) is 2.32. The van der Waals surface area contributed by atoms with Gasteiger partial charge in [0.1, 0.15) is 6.04 Å². The van der Waals surface area contributed by atoms with Crippen LogP contribution >= 0.6 is 0 Å². The van der Waals surface area contributed by atoms with Crippen molar-refractivity contribution in [1.29, 1.82) is 0 Å². The first-order chi connectivity index (χ1) is 8.41. The van der Waals surface area contributed by atoms with Crippen molar-refractivity contribution in [2.24, 2.45) is 11.8 Å². The average molecular weight is 256 g/mol. The van der Waals surface area contributed by atoms with Crippen LogP contribution in [0.25, 0.3) is 0 Å². The first kappa shape index (κ1) is 15.0. The minimum atomic E-state index is -0.942. The highest BCUT2D eigenvalue weighted by Crippen LogP contribution is 2.29. The lowest BCUT2D eigenvalue weighted by molar-refractivity contribution is -0.139. The molecule has 5 heteroatoms. The highest BCUT2D eigenvalue weighted by atomic mass is 16.4. The third-order valence-corrected chi connectivity index (χ3v) is 3.99. The van der Waals surface area contributed by atoms with E-state index in [4.69, 9.17) is 5.11 Å². The monoisotopic (exact) mass is 256 g/mol. The Bertz CT molecular complexity index is 307. The van der Waals surface area contributed by atoms with Gasteiger partial charge in [-0.25, -0.2) is 0 Å². The molecule has 0 bridgehead atoms. The number of carbonyl (C=O) groups is 2. The van der Waals surface area contributed by atoms with Gasteiger partial charge in [0, 0.05) is 6.04 Å². The molecule has 1 aliphatic rings. The number of carboxylic acids is 1. The zero-order chi connectivity index (χ0) is 13.7. The Hall–Kier alpha value is -1.10. The van der Waals surface area contributed by atoms with Crippen LogP contribution < -0.4 is 10.6 Å². The lowest BCUT2D eigenvalue weighted by atomic mass is 9.78. The summed E-state index contributed by atoms with van der Waals surface area (Å²) < 4.78 is 0. The molecular formula is C13H24N2O3. The number of aliphatic carboxylic acids is 1. The van der Waals surface area contributed by atoms with Crippen molar-refractivity contribution in [3.05, 3.63) is 0 Å². The Labute approximate surface area is 108 Å². The standard InChI is InChI=1S/C13H24N2O3/c1-8-5-4-6-11(9(8)2)15-12(16)7-14-10(3)13(17)18/h8-11,14H,4-7H2,1-3H3,(H,15,16)(H,17,18)/t8?,9?,10-,11?/m1/s1. The summed E-state index contributed by atoms with van der Waals surface area (Å²) in [4.78, 5) is 22.3. The van der Waals surface area contributed by atoms with Gasteiger partial charge in [-0.05, 0) is 25.2 Å². The van der Waals surface area contributed by atoms with Crippen LogP contribution in [0, 0.1) is 11.8 Å². The number of rotatable bonds is 5. The molecule has 3 unspecified atom stereocenters. The quantitative estimate of drug-likeness (QED) is 0.685. The van der Waals surface area contributed by atoms with Crippen LogP contribution in [0.1, 0.15) is 40.0 Å². The van der Waals surface area contributed by atoms with E-state index in [1.165, 1.54) is 13.3 Å². The van der Waals surface area contributed by atoms with Gasteiger partial charge in [-0.15, -0.1) is 0 Å². The normalized spacial score (nSPS) is 29.6. The van der Waals surface area contributed by atoms with E-state index in [0.717, 1.165) is 12.8 Å². The second-order valence-corrected chi connectivity index (χ2v) is 5.38. The van der Waals surface area contributed by atoms with E-state index in [1.54, 1.807) is 0 Å². The summed E-state index contributed by atoms with van der Waals surface area (Å²) in [5, 5.41) is 14.4. The molecular weight excluding hydrogens is 232 g/mol. The molecule has 0 aromatic rings. The van der Waals surface area contributed by atoms with Crippen molar-refractivity contribution in [3.63, 3.8) is 0 Å². The molecule has 1 fully saturated rings. The number of nitrogens with one attached hydrogen (secondary N) is 2. The fraction of sp³-hybridized carbons (Fsp3) is 0.846. The third-order valence-electron chi connectivity index (χ3n) is 3.99. The van der Waals surface area contributed by atoms with Gasteiger partial charge in [0.05, 0.1) is 6.54 Å². The van der Waals surface area contributed by atoms with Crippen LogP contribution in [0.4, 0.5) is 0 Å². The van der Waals surface area contributed by atoms with Gasteiger partial charge in [-0.1, -0.05) is 26.7 Å². The molecule has 0 saturated heterocycles. The summed E-state index contributed by atoms with van der Waals surface area (Å²) in [5.74, 6) is 0.0612. The van der Waals surface area contributed by atoms with E-state index < -0.39 is 12.0 Å². The van der Waals surface area contributed by atoms with Gasteiger partial charge in [-0.2, -0.15) is 0 Å². The first-order valence-electron chi connectivity index (χ1n) is 6.67. The predicted molar refractivity (Wildman–Crippen MR) is 69.2 cm³/mol. The second-order valence-electron chi connectivity index (χ2n) is 5.38. The fourth-order valence-corrected chi connectivity index (χ4v) is 2.38. The minimum Gasteiger partial charge on any atom is -0.480 e. The molecule has 18 heavy (non-hydrogen) atoms. The molecule has 1 aliphatic carbocycles. The van der Waals surface area contributed by atoms with Crippen LogP contribution in [-0.2, 0) is 9.59 Å². The van der Waals surface area contributed by atoms with Crippen molar-refractivity contribution in [1.82, 2.24) is 10.6 Å². The second kappa shape index (κ2) is 6.73. The van der Waals surface area contributed by atoms with E-state index in [-0.39, 0.29) is 18.5 Å². The van der Waals surface area contributed by atoms with Gasteiger partial charge in [-0.3, -0.25) is 14.9 Å². The van der Waals surface area contributed by atoms with Crippen LogP contribution in [0.15, 0.2) is 0 Å². The Morgan fingerprint density at radius 3 is 2.61 bits per heavy atom. The molecule has 1 amide bonds. The van der Waals surface area contributed by atoms with Crippen LogP contribution in [0.5, 0.6) is 0 Å². The molecule has 0 aliphatic heterocycles. The van der Waals surface area contributed by atoms with Crippen LogP contribution in [-0.4, -0.2) is 35.6 Å². The molecule has 0 aromatic heterocycles. The lowest BCUT2D eigenvalue weighted by Gasteiger charge is -2.34. The maximum Gasteiger partial charge on any atom is 0.320 e. The Morgan fingerprint density at radius 2 is 2.00 bits per heavy atom. The van der Waals surface area contributed by atoms with E-state index >= 15 is 0 Å². The summed E-state index contributed by atoms with van der Waals surface area (Å²) in [6.07, 6.45) is 3.39. The summed E-state index contributed by atoms with van der Waals surface area (Å²) in [7, 11) is 0. The zero-order valence-corrected chi connectivity index (χ0v) is 11.4. The third kappa shape index (κ3) is 4.29. The van der Waals surface area contributed by atoms with Gasteiger partial charge in [0.25, 0.3) is 0 Å². The lowest BCUT2D eigenvalue weighted by Crippen LogP contribution is -2.48. The number of hydrogen-bond acceptors (Lipinski definition) is 3. The maximum atomic E-state index is 11.7. The highest BCUT2D eigenvalue weighted by molar-refractivity contribution is 5.80. The van der Waals surface area contributed by atoms with Gasteiger partial charge in [0.15, 0.2) is 0 Å². The number of carbonyl (C=O) groups excluding carboxylic acids is 1. The molecule has 1 saturated carbocycles. The van der Waals surface area contributed by atoms with Crippen molar-refractivity contribution >= 4 is 11.9 Å². The van der Waals surface area contributed by atoms with Crippen molar-refractivity contribution in [3.8, 4) is 0 Å². The van der Waals surface area contributed by atoms with Gasteiger partial charge >= 0.3 is 5.97 Å². The molecule has 104 valence electrons. The summed E-state index contributed by atoms with van der Waals surface area (Å²) in [5.41, 5.74) is 0. The summed E-state index contributed by atoms with van der Waals surface area (Å²) in [6, 6.07) is -0.471. The largest absolute Gasteiger partial charge is 0.480 e. The van der Waals surface area contributed by atoms with Crippen molar-refractivity contribution in [2.45, 2.75) is 52.1 Å². The van der Waals surface area contributed by atoms with E-state index in [0.29, 0.717) is 11.8 Å². The van der Waals surface area contributed by atoms with E-state index in [1.807, 2.05) is 0 Å². The Morgan fingerprint density at radius 1 is 1.33 bits per heavy atom. The van der Waals surface area contributed by atoms with Crippen LogP contribution in [0.3, 0.4) is 0 Å². The fourth-order valence-electron chi connectivity index (χ4n) is 2.38. The number of carboxylic acid groups (broad SMARTS) is 1. The maximum absolute atomic E-state index is 11.7. The SMILES string of the molecule is CC1CCCC(NC(=O)CN[C@H](C)C(=O)O)C1C. The zero-order valence-electron chi connectivity index (χ0n) is 11.4. The minimum absolute atomic E-state index is 0.0606. The van der Waals surface area contributed by atoms with E-state index in [9.17, 15) is 9.59 Å². The predicted octanol–water partition coefficient (Wildman–Crippen LogP) is 0.990. The van der Waals surface area contributed by atoms with Gasteiger partial charge in [0.2, 0.25) is 5.91 Å². The number of amides is 1. The van der Waals surface area contributed by atoms with Crippen molar-refractivity contribution < 1.29 is 14.7 Å². The molecule has 5 nitrogen and oxygen atoms in total. The summed E-state index contributed by atoms with van der Waals surface area (Å²) >= 11 is 0. The molecule has 3 N–H and O–H groups in total.